The summed E-state index contributed by atoms with van der Waals surface area (Å²) in [6.45, 7) is 1.80. The Morgan fingerprint density at radius 1 is 1.14 bits per heavy atom. The molecule has 2 aliphatic rings. The van der Waals surface area contributed by atoms with E-state index in [2.05, 4.69) is 15.2 Å². The number of anilines is 1. The fourth-order valence-corrected chi connectivity index (χ4v) is 4.98. The number of hydrogen-bond acceptors (Lipinski definition) is 5. The molecule has 2 aromatic rings. The van der Waals surface area contributed by atoms with Gasteiger partial charge in [0.25, 0.3) is 11.8 Å². The van der Waals surface area contributed by atoms with Crippen molar-refractivity contribution in [3.8, 4) is 5.75 Å². The molecule has 1 unspecified atom stereocenters. The van der Waals surface area contributed by atoms with E-state index in [9.17, 15) is 27.2 Å². The first-order chi connectivity index (χ1) is 17.3. The number of nitrogens with one attached hydrogen (secondary N) is 2. The lowest BCUT2D eigenvalue weighted by Crippen LogP contribution is -2.55. The quantitative estimate of drug-likeness (QED) is 0.498. The molecule has 3 heterocycles. The summed E-state index contributed by atoms with van der Waals surface area (Å²) in [5.74, 6) is -0.973. The van der Waals surface area contributed by atoms with Gasteiger partial charge in [-0.3, -0.25) is 9.59 Å². The van der Waals surface area contributed by atoms with E-state index in [1.807, 2.05) is 5.32 Å². The van der Waals surface area contributed by atoms with Crippen LogP contribution in [0.2, 0.25) is 5.02 Å². The first-order valence-corrected chi connectivity index (χ1v) is 12.2. The maximum Gasteiger partial charge on any atom is 0.405 e. The summed E-state index contributed by atoms with van der Waals surface area (Å²) in [5, 5.41) is 4.85. The number of ether oxygens (including phenoxy) is 1. The smallest absolute Gasteiger partial charge is 0.405 e. The zero-order valence-electron chi connectivity index (χ0n) is 20.2. The number of pyridine rings is 1. The normalized spacial score (nSPS) is 21.5. The lowest BCUT2D eigenvalue weighted by molar-refractivity contribution is -0.135. The summed E-state index contributed by atoms with van der Waals surface area (Å²) in [6.07, 6.45) is -0.0787. The van der Waals surface area contributed by atoms with E-state index in [1.54, 1.807) is 19.9 Å². The van der Waals surface area contributed by atoms with Gasteiger partial charge in [0.2, 0.25) is 0 Å². The van der Waals surface area contributed by atoms with Crippen molar-refractivity contribution in [3.05, 3.63) is 52.9 Å². The second-order valence-corrected chi connectivity index (χ2v) is 10.2. The van der Waals surface area contributed by atoms with Gasteiger partial charge >= 0.3 is 6.18 Å². The van der Waals surface area contributed by atoms with Crippen LogP contribution in [-0.4, -0.2) is 53.2 Å². The number of nitrogens with zero attached hydrogens (tertiary/aromatic N) is 2. The van der Waals surface area contributed by atoms with E-state index in [0.717, 1.165) is 18.9 Å². The molecule has 2 aliphatic heterocycles. The Bertz CT molecular complexity index is 1150. The maximum atomic E-state index is 13.8. The number of hydrogen-bond donors (Lipinski definition) is 2. The van der Waals surface area contributed by atoms with E-state index >= 15 is 0 Å². The number of aromatic nitrogens is 1. The number of carbonyl (C=O) groups is 2. The lowest BCUT2D eigenvalue weighted by atomic mass is 9.96. The van der Waals surface area contributed by atoms with Crippen LogP contribution < -0.4 is 20.3 Å². The molecule has 0 aliphatic carbocycles. The van der Waals surface area contributed by atoms with Crippen LogP contribution in [0.3, 0.4) is 0 Å². The van der Waals surface area contributed by atoms with Crippen molar-refractivity contribution in [2.24, 2.45) is 0 Å². The summed E-state index contributed by atoms with van der Waals surface area (Å²) < 4.78 is 56.5. The Hall–Kier alpha value is -3.08. The summed E-state index contributed by atoms with van der Waals surface area (Å²) in [4.78, 5) is 31.4. The molecule has 0 spiro atoms. The van der Waals surface area contributed by atoms with Gasteiger partial charge in [0.15, 0.2) is 5.60 Å². The summed E-state index contributed by atoms with van der Waals surface area (Å²) >= 11 is 5.71. The average molecular weight is 543 g/mol. The second kappa shape index (κ2) is 10.4. The highest BCUT2D eigenvalue weighted by Crippen LogP contribution is 2.39. The van der Waals surface area contributed by atoms with Crippen LogP contribution in [0.5, 0.6) is 5.75 Å². The van der Waals surface area contributed by atoms with Crippen LogP contribution in [0, 0.1) is 5.82 Å². The first kappa shape index (κ1) is 27.0. The third-order valence-electron chi connectivity index (χ3n) is 6.60. The average Bonchev–Trinajstić information content (AvgIpc) is 3.09. The minimum absolute atomic E-state index is 0.0364. The predicted molar refractivity (Wildman–Crippen MR) is 129 cm³/mol. The van der Waals surface area contributed by atoms with Gasteiger partial charge in [0, 0.05) is 30.4 Å². The Morgan fingerprint density at radius 2 is 1.81 bits per heavy atom. The number of benzene rings is 1. The number of piperidine rings is 1. The van der Waals surface area contributed by atoms with Crippen molar-refractivity contribution in [1.82, 2.24) is 15.6 Å². The number of fused-ring (bicyclic) bond motifs is 2. The molecule has 7 nitrogen and oxygen atoms in total. The van der Waals surface area contributed by atoms with Gasteiger partial charge in [-0.2, -0.15) is 13.2 Å². The minimum Gasteiger partial charge on any atom is -0.478 e. The number of rotatable bonds is 7. The zero-order valence-corrected chi connectivity index (χ0v) is 21.0. The molecule has 2 saturated heterocycles. The maximum absolute atomic E-state index is 13.8. The Morgan fingerprint density at radius 3 is 2.38 bits per heavy atom. The number of carbonyl (C=O) groups excluding carboxylic acids is 2. The van der Waals surface area contributed by atoms with Crippen molar-refractivity contribution in [3.63, 3.8) is 0 Å². The molecule has 1 aromatic heterocycles. The number of halogens is 5. The topological polar surface area (TPSA) is 83.6 Å². The zero-order chi connectivity index (χ0) is 27.0. The molecule has 1 aromatic carbocycles. The van der Waals surface area contributed by atoms with Crippen molar-refractivity contribution >= 4 is 29.2 Å². The highest BCUT2D eigenvalue weighted by atomic mass is 35.5. The standard InChI is InChI=1S/C25H27ClF4N4O3/c1-24(2,37-18-6-7-19(26)20(27)11-18)23(36)33-15-9-16-4-5-17(10-15)34(16)21-8-3-14(12-31-21)22(35)32-13-25(28,29)30/h3,6-8,11-12,15-17H,4-5,9-10,13H2,1-2H3,(H,32,35)(H,33,36)/t15?,16-,17+. The van der Waals surface area contributed by atoms with E-state index in [4.69, 9.17) is 16.3 Å². The van der Waals surface area contributed by atoms with Crippen molar-refractivity contribution in [1.29, 1.82) is 0 Å². The minimum atomic E-state index is -4.49. The van der Waals surface area contributed by atoms with E-state index < -0.39 is 30.0 Å². The summed E-state index contributed by atoms with van der Waals surface area (Å²) in [6, 6.07) is 7.20. The van der Waals surface area contributed by atoms with Crippen molar-refractivity contribution < 1.29 is 31.9 Å². The monoisotopic (exact) mass is 542 g/mol. The van der Waals surface area contributed by atoms with Gasteiger partial charge in [0.1, 0.15) is 23.9 Å². The first-order valence-electron chi connectivity index (χ1n) is 11.9. The van der Waals surface area contributed by atoms with Crippen molar-refractivity contribution in [2.75, 3.05) is 11.4 Å². The highest BCUT2D eigenvalue weighted by Gasteiger charge is 2.43. The number of alkyl halides is 3. The molecule has 0 saturated carbocycles. The SMILES string of the molecule is CC(C)(Oc1ccc(Cl)c(F)c1)C(=O)NC1C[C@H]2CC[C@@H](C1)N2c1ccc(C(=O)NCC(F)(F)F)cn1. The fraction of sp³-hybridized carbons (Fsp3) is 0.480. The summed E-state index contributed by atoms with van der Waals surface area (Å²) in [5.41, 5.74) is -1.20. The van der Waals surface area contributed by atoms with E-state index in [1.165, 1.54) is 24.4 Å². The molecule has 4 rings (SSSR count). The van der Waals surface area contributed by atoms with Gasteiger partial charge in [-0.25, -0.2) is 9.37 Å². The Labute approximate surface area is 216 Å². The van der Waals surface area contributed by atoms with Gasteiger partial charge in [-0.05, 0) is 63.8 Å². The van der Waals surface area contributed by atoms with Gasteiger partial charge in [-0.15, -0.1) is 0 Å². The van der Waals surface area contributed by atoms with Gasteiger partial charge < -0.3 is 20.3 Å². The van der Waals surface area contributed by atoms with Gasteiger partial charge in [0.05, 0.1) is 10.6 Å². The van der Waals surface area contributed by atoms with Crippen molar-refractivity contribution in [2.45, 2.75) is 69.4 Å². The van der Waals surface area contributed by atoms with Gasteiger partial charge in [-0.1, -0.05) is 11.6 Å². The predicted octanol–water partition coefficient (Wildman–Crippen LogP) is 4.64. The molecule has 2 N–H and O–H groups in total. The van der Waals surface area contributed by atoms with Crippen LogP contribution in [0.25, 0.3) is 0 Å². The highest BCUT2D eigenvalue weighted by molar-refractivity contribution is 6.30. The molecule has 37 heavy (non-hydrogen) atoms. The summed E-state index contributed by atoms with van der Waals surface area (Å²) in [7, 11) is 0. The van der Waals surface area contributed by atoms with Crippen LogP contribution in [-0.2, 0) is 4.79 Å². The van der Waals surface area contributed by atoms with E-state index in [-0.39, 0.29) is 40.4 Å². The Balaban J connectivity index is 1.35. The molecule has 2 fully saturated rings. The largest absolute Gasteiger partial charge is 0.478 e. The fourth-order valence-electron chi connectivity index (χ4n) is 4.87. The van der Waals surface area contributed by atoms with Crippen LogP contribution >= 0.6 is 11.6 Å². The molecular formula is C25H27ClF4N4O3. The van der Waals surface area contributed by atoms with Crippen LogP contribution in [0.15, 0.2) is 36.5 Å². The third-order valence-corrected chi connectivity index (χ3v) is 6.91. The van der Waals surface area contributed by atoms with E-state index in [0.29, 0.717) is 18.7 Å². The molecule has 2 bridgehead atoms. The van der Waals surface area contributed by atoms with Crippen LogP contribution in [0.1, 0.15) is 49.9 Å². The molecule has 2 amide bonds. The van der Waals surface area contributed by atoms with Crippen LogP contribution in [0.4, 0.5) is 23.4 Å². The Kier molecular flexibility index (Phi) is 7.55. The number of amides is 2. The molecule has 12 heteroatoms. The second-order valence-electron chi connectivity index (χ2n) is 9.83. The molecule has 200 valence electrons. The molecular weight excluding hydrogens is 516 g/mol. The third kappa shape index (κ3) is 6.44. The molecule has 0 radical (unpaired) electrons. The lowest BCUT2D eigenvalue weighted by Gasteiger charge is -2.40. The molecule has 3 atom stereocenters.